The predicted octanol–water partition coefficient (Wildman–Crippen LogP) is 4.91. The van der Waals surface area contributed by atoms with E-state index in [1.54, 1.807) is 12.1 Å². The van der Waals surface area contributed by atoms with Gasteiger partial charge in [-0.25, -0.2) is 0 Å². The van der Waals surface area contributed by atoms with Gasteiger partial charge in [0.25, 0.3) is 5.91 Å². The van der Waals surface area contributed by atoms with Crippen molar-refractivity contribution in [2.24, 2.45) is 0 Å². The maximum Gasteiger partial charge on any atom is 0.269 e. The summed E-state index contributed by atoms with van der Waals surface area (Å²) in [6.07, 6.45) is 0. The van der Waals surface area contributed by atoms with Crippen molar-refractivity contribution in [3.05, 3.63) is 89.0 Å². The van der Waals surface area contributed by atoms with Gasteiger partial charge in [-0.2, -0.15) is 0 Å². The monoisotopic (exact) mass is 449 g/mol. The van der Waals surface area contributed by atoms with E-state index in [1.807, 2.05) is 75.4 Å². The van der Waals surface area contributed by atoms with Crippen LogP contribution < -0.4 is 25.6 Å². The lowest BCUT2D eigenvalue weighted by Crippen LogP contribution is -2.43. The number of hydrogen-bond donors (Lipinski definition) is 3. The van der Waals surface area contributed by atoms with Gasteiger partial charge in [0.05, 0.1) is 6.61 Å². The molecule has 0 aromatic heterocycles. The molecule has 32 heavy (non-hydrogen) atoms. The highest BCUT2D eigenvalue weighted by Crippen LogP contribution is 2.19. The number of anilines is 1. The van der Waals surface area contributed by atoms with Crippen LogP contribution >= 0.6 is 12.2 Å². The fourth-order valence-corrected chi connectivity index (χ4v) is 3.09. The number of benzene rings is 3. The van der Waals surface area contributed by atoms with Crippen LogP contribution in [0.5, 0.6) is 11.5 Å². The summed E-state index contributed by atoms with van der Waals surface area (Å²) in [6, 6.07) is 20.7. The first-order chi connectivity index (χ1) is 15.4. The van der Waals surface area contributed by atoms with Crippen molar-refractivity contribution < 1.29 is 14.3 Å². The first-order valence-corrected chi connectivity index (χ1v) is 10.7. The topological polar surface area (TPSA) is 71.6 Å². The van der Waals surface area contributed by atoms with Crippen molar-refractivity contribution in [3.63, 3.8) is 0 Å². The first-order valence-electron chi connectivity index (χ1n) is 10.3. The number of carbonyl (C=O) groups excluding carboxylic acids is 1. The molecule has 6 nitrogen and oxygen atoms in total. The third-order valence-corrected chi connectivity index (χ3v) is 4.89. The van der Waals surface area contributed by atoms with Crippen LogP contribution in [0.2, 0.25) is 0 Å². The highest BCUT2D eigenvalue weighted by molar-refractivity contribution is 7.80. The molecule has 0 atom stereocenters. The second-order valence-corrected chi connectivity index (χ2v) is 7.65. The molecule has 3 rings (SSSR count). The number of nitrogens with one attached hydrogen (secondary N) is 3. The molecule has 1 amide bonds. The lowest BCUT2D eigenvalue weighted by molar-refractivity contribution is 0.0944. The zero-order valence-electron chi connectivity index (χ0n) is 18.4. The number of rotatable bonds is 7. The number of ether oxygens (including phenoxy) is 2. The number of hydrazine groups is 1. The first kappa shape index (κ1) is 23.1. The van der Waals surface area contributed by atoms with Crippen LogP contribution in [-0.4, -0.2) is 17.6 Å². The lowest BCUT2D eigenvalue weighted by atomic mass is 10.1. The predicted molar refractivity (Wildman–Crippen MR) is 131 cm³/mol. The van der Waals surface area contributed by atoms with Crippen molar-refractivity contribution in [1.29, 1.82) is 0 Å². The zero-order valence-corrected chi connectivity index (χ0v) is 19.2. The Morgan fingerprint density at radius 2 is 1.53 bits per heavy atom. The van der Waals surface area contributed by atoms with Gasteiger partial charge in [0, 0.05) is 11.3 Å². The van der Waals surface area contributed by atoms with Crippen molar-refractivity contribution in [2.75, 3.05) is 11.9 Å². The van der Waals surface area contributed by atoms with Crippen LogP contribution in [0.3, 0.4) is 0 Å². The van der Waals surface area contributed by atoms with E-state index in [1.165, 1.54) is 0 Å². The van der Waals surface area contributed by atoms with Gasteiger partial charge in [0.2, 0.25) is 0 Å². The molecule has 0 unspecified atom stereocenters. The van der Waals surface area contributed by atoms with E-state index in [0.29, 0.717) is 23.9 Å². The van der Waals surface area contributed by atoms with Crippen molar-refractivity contribution >= 4 is 28.9 Å². The van der Waals surface area contributed by atoms with Crippen LogP contribution in [0.15, 0.2) is 66.7 Å². The Morgan fingerprint density at radius 3 is 2.19 bits per heavy atom. The molecule has 0 spiro atoms. The van der Waals surface area contributed by atoms with Crippen LogP contribution in [0.4, 0.5) is 5.69 Å². The molecule has 0 saturated carbocycles. The fourth-order valence-electron chi connectivity index (χ4n) is 2.93. The summed E-state index contributed by atoms with van der Waals surface area (Å²) < 4.78 is 11.2. The van der Waals surface area contributed by atoms with Gasteiger partial charge >= 0.3 is 0 Å². The zero-order chi connectivity index (χ0) is 22.9. The minimum Gasteiger partial charge on any atom is -0.494 e. The molecule has 7 heteroatoms. The van der Waals surface area contributed by atoms with E-state index < -0.39 is 0 Å². The Labute approximate surface area is 193 Å². The molecule has 166 valence electrons. The van der Waals surface area contributed by atoms with Gasteiger partial charge in [-0.05, 0) is 92.1 Å². The SMILES string of the molecule is CCOc1ccc(OCc2ccc(C(=O)NNC(=S)Nc3cc(C)ccc3C)cc2)cc1. The van der Waals surface area contributed by atoms with Gasteiger partial charge in [-0.3, -0.25) is 15.6 Å². The number of hydrogen-bond acceptors (Lipinski definition) is 4. The molecular weight excluding hydrogens is 422 g/mol. The highest BCUT2D eigenvalue weighted by Gasteiger charge is 2.07. The maximum absolute atomic E-state index is 12.4. The molecule has 0 radical (unpaired) electrons. The largest absolute Gasteiger partial charge is 0.494 e. The molecule has 0 saturated heterocycles. The summed E-state index contributed by atoms with van der Waals surface area (Å²) in [7, 11) is 0. The summed E-state index contributed by atoms with van der Waals surface area (Å²) in [5, 5.41) is 3.40. The standard InChI is InChI=1S/C25H27N3O3S/c1-4-30-21-11-13-22(14-12-21)31-16-19-7-9-20(10-8-19)24(29)27-28-25(32)26-23-15-17(2)5-6-18(23)3/h5-15H,4,16H2,1-3H3,(H,27,29)(H2,26,28,32). The summed E-state index contributed by atoms with van der Waals surface area (Å²) in [5.74, 6) is 1.28. The molecule has 0 aliphatic carbocycles. The van der Waals surface area contributed by atoms with Gasteiger partial charge in [-0.1, -0.05) is 24.3 Å². The number of aryl methyl sites for hydroxylation is 2. The summed E-state index contributed by atoms with van der Waals surface area (Å²) in [4.78, 5) is 12.4. The minimum absolute atomic E-state index is 0.283. The van der Waals surface area contributed by atoms with Crippen LogP contribution in [0.25, 0.3) is 0 Å². The van der Waals surface area contributed by atoms with E-state index in [4.69, 9.17) is 21.7 Å². The van der Waals surface area contributed by atoms with Crippen LogP contribution in [0, 0.1) is 13.8 Å². The van der Waals surface area contributed by atoms with Crippen molar-refractivity contribution in [1.82, 2.24) is 10.9 Å². The lowest BCUT2D eigenvalue weighted by Gasteiger charge is -2.14. The Hall–Kier alpha value is -3.58. The smallest absolute Gasteiger partial charge is 0.269 e. The second-order valence-electron chi connectivity index (χ2n) is 7.24. The van der Waals surface area contributed by atoms with Gasteiger partial charge in [0.15, 0.2) is 5.11 Å². The molecule has 3 aromatic carbocycles. The van der Waals surface area contributed by atoms with E-state index in [0.717, 1.165) is 33.9 Å². The van der Waals surface area contributed by atoms with Crippen molar-refractivity contribution in [2.45, 2.75) is 27.4 Å². The van der Waals surface area contributed by atoms with E-state index in [2.05, 4.69) is 16.2 Å². The molecule has 0 aliphatic rings. The molecular formula is C25H27N3O3S. The van der Waals surface area contributed by atoms with E-state index in [-0.39, 0.29) is 5.91 Å². The fraction of sp³-hybridized carbons (Fsp3) is 0.200. The van der Waals surface area contributed by atoms with Gasteiger partial charge < -0.3 is 14.8 Å². The average molecular weight is 450 g/mol. The Bertz CT molecular complexity index is 1070. The second kappa shape index (κ2) is 11.2. The highest BCUT2D eigenvalue weighted by atomic mass is 32.1. The quantitative estimate of drug-likeness (QED) is 0.352. The molecule has 0 heterocycles. The van der Waals surface area contributed by atoms with Crippen LogP contribution in [-0.2, 0) is 6.61 Å². The Morgan fingerprint density at radius 1 is 0.875 bits per heavy atom. The summed E-state index contributed by atoms with van der Waals surface area (Å²) in [5.41, 5.74) is 9.89. The molecule has 3 aromatic rings. The van der Waals surface area contributed by atoms with E-state index >= 15 is 0 Å². The molecule has 0 bridgehead atoms. The normalized spacial score (nSPS) is 10.2. The Kier molecular flexibility index (Phi) is 8.05. The van der Waals surface area contributed by atoms with Crippen LogP contribution in [0.1, 0.15) is 34.0 Å². The van der Waals surface area contributed by atoms with E-state index in [9.17, 15) is 4.79 Å². The van der Waals surface area contributed by atoms with Gasteiger partial charge in [-0.15, -0.1) is 0 Å². The Balaban J connectivity index is 1.47. The number of carbonyl (C=O) groups is 1. The number of amides is 1. The number of thiocarbonyl (C=S) groups is 1. The average Bonchev–Trinajstić information content (AvgIpc) is 2.80. The minimum atomic E-state index is -0.283. The summed E-state index contributed by atoms with van der Waals surface area (Å²) >= 11 is 5.27. The molecule has 0 fully saturated rings. The molecule has 3 N–H and O–H groups in total. The molecule has 0 aliphatic heterocycles. The van der Waals surface area contributed by atoms with Gasteiger partial charge in [0.1, 0.15) is 18.1 Å². The summed E-state index contributed by atoms with van der Waals surface area (Å²) in [6.45, 7) is 6.98. The third kappa shape index (κ3) is 6.72. The maximum atomic E-state index is 12.4. The van der Waals surface area contributed by atoms with Crippen molar-refractivity contribution in [3.8, 4) is 11.5 Å². The third-order valence-electron chi connectivity index (χ3n) is 4.69.